The van der Waals surface area contributed by atoms with Crippen LogP contribution in [0.3, 0.4) is 0 Å². The summed E-state index contributed by atoms with van der Waals surface area (Å²) in [5.74, 6) is 1.42. The van der Waals surface area contributed by atoms with Crippen molar-refractivity contribution in [3.8, 4) is 0 Å². The molecule has 3 amide bonds. The third-order valence-corrected chi connectivity index (χ3v) is 8.57. The second-order valence-electron chi connectivity index (χ2n) is 12.1. The number of pyridine rings is 1. The summed E-state index contributed by atoms with van der Waals surface area (Å²) in [5, 5.41) is 5.55. The Labute approximate surface area is 254 Å². The number of hydrogen-bond donors (Lipinski definition) is 0. The van der Waals surface area contributed by atoms with Crippen LogP contribution in [0.25, 0.3) is 11.0 Å². The lowest BCUT2D eigenvalue weighted by molar-refractivity contribution is -0.129. The van der Waals surface area contributed by atoms with E-state index in [2.05, 4.69) is 43.9 Å². The fourth-order valence-electron chi connectivity index (χ4n) is 6.04. The van der Waals surface area contributed by atoms with Gasteiger partial charge in [0.15, 0.2) is 5.65 Å². The molecule has 2 aliphatic heterocycles. The molecule has 0 aromatic carbocycles. The van der Waals surface area contributed by atoms with Crippen LogP contribution in [0.1, 0.15) is 44.5 Å². The number of carbonyl (C=O) groups is 2. The van der Waals surface area contributed by atoms with Crippen LogP contribution in [0.2, 0.25) is 0 Å². The third kappa shape index (κ3) is 7.59. The van der Waals surface area contributed by atoms with Crippen molar-refractivity contribution in [2.24, 2.45) is 5.92 Å². The highest BCUT2D eigenvalue weighted by atomic mass is 16.2. The zero-order valence-electron chi connectivity index (χ0n) is 26.2. The van der Waals surface area contributed by atoms with Gasteiger partial charge in [-0.15, -0.1) is 0 Å². The lowest BCUT2D eigenvalue weighted by atomic mass is 9.96. The number of fused-ring (bicyclic) bond motifs is 1. The molecule has 0 unspecified atom stereocenters. The number of carbonyl (C=O) groups excluding carboxylic acids is 2. The predicted octanol–water partition coefficient (Wildman–Crippen LogP) is 2.59. The van der Waals surface area contributed by atoms with Gasteiger partial charge in [-0.2, -0.15) is 5.10 Å². The molecule has 0 spiro atoms. The Balaban J connectivity index is 1.14. The summed E-state index contributed by atoms with van der Waals surface area (Å²) in [5.41, 5.74) is 2.85. The summed E-state index contributed by atoms with van der Waals surface area (Å²) in [6, 6.07) is 6.27. The molecule has 12 heteroatoms. The molecule has 2 fully saturated rings. The minimum atomic E-state index is 0.118. The van der Waals surface area contributed by atoms with Gasteiger partial charge in [0.25, 0.3) is 0 Å². The van der Waals surface area contributed by atoms with Gasteiger partial charge in [-0.3, -0.25) is 9.78 Å². The summed E-state index contributed by atoms with van der Waals surface area (Å²) >= 11 is 0. The van der Waals surface area contributed by atoms with Crippen molar-refractivity contribution in [1.82, 2.24) is 44.3 Å². The standard InChI is InChI=1S/C31H46N10O2/c1-5-7-26-8-6-9-27(35-26)22-41-30-28(20-34-41)29(32-23-33-30)37-16-18-39(19-17-37)31(43)38-12-10-25(11-13-38)21-40(24(2)42)15-14-36(3)4/h6,8-9,20,23,25H,5,7,10-19,21-22H2,1-4H3. The van der Waals surface area contributed by atoms with Gasteiger partial charge in [-0.05, 0) is 51.4 Å². The van der Waals surface area contributed by atoms with E-state index in [-0.39, 0.29) is 11.9 Å². The van der Waals surface area contributed by atoms with E-state index in [0.717, 1.165) is 86.6 Å². The molecule has 5 heterocycles. The summed E-state index contributed by atoms with van der Waals surface area (Å²) in [4.78, 5) is 49.7. The Morgan fingerprint density at radius 1 is 0.953 bits per heavy atom. The van der Waals surface area contributed by atoms with Crippen molar-refractivity contribution in [3.05, 3.63) is 42.1 Å². The van der Waals surface area contributed by atoms with Crippen LogP contribution in [0, 0.1) is 5.92 Å². The fourth-order valence-corrected chi connectivity index (χ4v) is 6.04. The number of likely N-dealkylation sites (tertiary alicyclic amines) is 1. The number of urea groups is 1. The fraction of sp³-hybridized carbons (Fsp3) is 0.613. The number of piperazine rings is 1. The number of hydrogen-bond acceptors (Lipinski definition) is 8. The van der Waals surface area contributed by atoms with Crippen molar-refractivity contribution in [3.63, 3.8) is 0 Å². The Bertz CT molecular complexity index is 1380. The van der Waals surface area contributed by atoms with Crippen LogP contribution in [-0.2, 0) is 17.8 Å². The minimum Gasteiger partial charge on any atom is -0.352 e. The van der Waals surface area contributed by atoms with Crippen molar-refractivity contribution in [2.45, 2.75) is 46.1 Å². The number of likely N-dealkylation sites (N-methyl/N-ethyl adjacent to an activating group) is 1. The lowest BCUT2D eigenvalue weighted by Crippen LogP contribution is -2.54. The van der Waals surface area contributed by atoms with E-state index in [4.69, 9.17) is 4.98 Å². The van der Waals surface area contributed by atoms with Crippen LogP contribution in [0.4, 0.5) is 10.6 Å². The highest BCUT2D eigenvalue weighted by Gasteiger charge is 2.30. The molecule has 5 rings (SSSR count). The summed E-state index contributed by atoms with van der Waals surface area (Å²) in [7, 11) is 4.05. The Morgan fingerprint density at radius 2 is 1.67 bits per heavy atom. The maximum absolute atomic E-state index is 13.4. The second-order valence-corrected chi connectivity index (χ2v) is 12.1. The molecule has 0 bridgehead atoms. The molecule has 2 aliphatic rings. The van der Waals surface area contributed by atoms with E-state index in [0.29, 0.717) is 38.6 Å². The van der Waals surface area contributed by atoms with Crippen LogP contribution >= 0.6 is 0 Å². The number of amides is 3. The maximum Gasteiger partial charge on any atom is 0.320 e. The van der Waals surface area contributed by atoms with Gasteiger partial charge in [0, 0.05) is 71.5 Å². The smallest absolute Gasteiger partial charge is 0.320 e. The Hall–Kier alpha value is -3.80. The molecule has 0 radical (unpaired) electrons. The number of rotatable bonds is 10. The van der Waals surface area contributed by atoms with Gasteiger partial charge in [0.2, 0.25) is 5.91 Å². The summed E-state index contributed by atoms with van der Waals surface area (Å²) in [6.07, 6.45) is 7.33. The van der Waals surface area contributed by atoms with E-state index >= 15 is 0 Å². The summed E-state index contributed by atoms with van der Waals surface area (Å²) < 4.78 is 1.89. The van der Waals surface area contributed by atoms with Crippen molar-refractivity contribution >= 4 is 28.8 Å². The molecular weight excluding hydrogens is 544 g/mol. The van der Waals surface area contributed by atoms with Gasteiger partial charge < -0.3 is 24.5 Å². The first kappa shape index (κ1) is 30.7. The molecule has 2 saturated heterocycles. The maximum atomic E-state index is 13.4. The molecule has 232 valence electrons. The molecule has 43 heavy (non-hydrogen) atoms. The van der Waals surface area contributed by atoms with Crippen LogP contribution < -0.4 is 4.90 Å². The monoisotopic (exact) mass is 590 g/mol. The van der Waals surface area contributed by atoms with Crippen LogP contribution in [-0.4, -0.2) is 129 Å². The van der Waals surface area contributed by atoms with E-state index in [9.17, 15) is 9.59 Å². The number of anilines is 1. The van der Waals surface area contributed by atoms with E-state index in [1.165, 1.54) is 0 Å². The van der Waals surface area contributed by atoms with Crippen LogP contribution in [0.15, 0.2) is 30.7 Å². The van der Waals surface area contributed by atoms with Gasteiger partial charge in [0.1, 0.15) is 12.1 Å². The molecule has 12 nitrogen and oxygen atoms in total. The quantitative estimate of drug-likeness (QED) is 0.355. The van der Waals surface area contributed by atoms with E-state index in [1.54, 1.807) is 13.3 Å². The van der Waals surface area contributed by atoms with E-state index < -0.39 is 0 Å². The van der Waals surface area contributed by atoms with Gasteiger partial charge in [0.05, 0.1) is 23.8 Å². The average Bonchev–Trinajstić information content (AvgIpc) is 3.42. The first-order valence-electron chi connectivity index (χ1n) is 15.6. The number of aromatic nitrogens is 5. The molecule has 0 atom stereocenters. The normalized spacial score (nSPS) is 16.3. The van der Waals surface area contributed by atoms with E-state index in [1.807, 2.05) is 45.7 Å². The molecule has 0 N–H and O–H groups in total. The minimum absolute atomic E-state index is 0.118. The topological polar surface area (TPSA) is 107 Å². The molecule has 0 aliphatic carbocycles. The number of nitrogens with zero attached hydrogens (tertiary/aromatic N) is 10. The Kier molecular flexibility index (Phi) is 10.1. The highest BCUT2D eigenvalue weighted by Crippen LogP contribution is 2.25. The third-order valence-electron chi connectivity index (χ3n) is 8.57. The number of aryl methyl sites for hydroxylation is 1. The first-order chi connectivity index (χ1) is 20.8. The van der Waals surface area contributed by atoms with Crippen molar-refractivity contribution in [2.75, 3.05) is 77.9 Å². The van der Waals surface area contributed by atoms with Gasteiger partial charge in [-0.25, -0.2) is 19.4 Å². The molecular formula is C31H46N10O2. The highest BCUT2D eigenvalue weighted by molar-refractivity contribution is 5.87. The van der Waals surface area contributed by atoms with Gasteiger partial charge >= 0.3 is 6.03 Å². The van der Waals surface area contributed by atoms with Crippen molar-refractivity contribution in [1.29, 1.82) is 0 Å². The van der Waals surface area contributed by atoms with Crippen molar-refractivity contribution < 1.29 is 9.59 Å². The van der Waals surface area contributed by atoms with Crippen LogP contribution in [0.5, 0.6) is 0 Å². The number of piperidine rings is 1. The molecule has 3 aromatic heterocycles. The second kappa shape index (κ2) is 14.1. The average molecular weight is 591 g/mol. The molecule has 0 saturated carbocycles. The summed E-state index contributed by atoms with van der Waals surface area (Å²) in [6.45, 7) is 10.9. The zero-order valence-corrected chi connectivity index (χ0v) is 26.2. The SMILES string of the molecule is CCCc1cccc(Cn2ncc3c(N4CCN(C(=O)N5CCC(CN(CCN(C)C)C(C)=O)CC5)CC4)ncnc32)n1. The Morgan fingerprint density at radius 3 is 2.37 bits per heavy atom. The molecule has 3 aromatic rings. The zero-order chi connectivity index (χ0) is 30.3. The first-order valence-corrected chi connectivity index (χ1v) is 15.6. The largest absolute Gasteiger partial charge is 0.352 e. The lowest BCUT2D eigenvalue weighted by Gasteiger charge is -2.40. The predicted molar refractivity (Wildman–Crippen MR) is 167 cm³/mol. The van der Waals surface area contributed by atoms with Gasteiger partial charge in [-0.1, -0.05) is 19.4 Å².